The molecule has 0 spiro atoms. The summed E-state index contributed by atoms with van der Waals surface area (Å²) in [4.78, 5) is 38.0. The van der Waals surface area contributed by atoms with Crippen LogP contribution >= 0.6 is 0 Å². The zero-order valence-electron chi connectivity index (χ0n) is 43.0. The van der Waals surface area contributed by atoms with Crippen LogP contribution in [0.3, 0.4) is 0 Å². The molecule has 0 aromatic rings. The van der Waals surface area contributed by atoms with Gasteiger partial charge in [-0.05, 0) is 57.8 Å². The third-order valence-electron chi connectivity index (χ3n) is 12.0. The molecule has 65 heavy (non-hydrogen) atoms. The number of esters is 3. The fourth-order valence-electron chi connectivity index (χ4n) is 7.89. The molecule has 0 fully saturated rings. The van der Waals surface area contributed by atoms with E-state index in [9.17, 15) is 14.4 Å². The van der Waals surface area contributed by atoms with E-state index in [0.29, 0.717) is 19.3 Å². The molecule has 0 aliphatic rings. The molecular weight excluding hydrogens is 805 g/mol. The van der Waals surface area contributed by atoms with E-state index in [4.69, 9.17) is 14.2 Å². The Morgan fingerprint density at radius 3 is 0.923 bits per heavy atom. The third-order valence-corrected chi connectivity index (χ3v) is 12.0. The summed E-state index contributed by atoms with van der Waals surface area (Å²) in [6.45, 7) is 6.50. The van der Waals surface area contributed by atoms with Gasteiger partial charge in [-0.3, -0.25) is 14.4 Å². The van der Waals surface area contributed by atoms with Crippen molar-refractivity contribution in [3.63, 3.8) is 0 Å². The second-order valence-electron chi connectivity index (χ2n) is 18.5. The standard InChI is InChI=1S/C59H104O6/c1-4-7-10-13-16-19-22-24-26-28-29-31-32-34-37-40-43-46-49-52-58(61)64-55-56(54-63-57(60)51-48-45-42-39-36-21-18-15-12-9-6-3)65-59(62)53-50-47-44-41-38-35-33-30-27-25-23-20-17-14-11-8-5-2/h8,11,17,20,25,27,33,35,41,44,56H,4-7,9-10,12-16,18-19,21-24,26,28-32,34,36-40,42-43,45-55H2,1-3H3/b11-8-,20-17-,27-25-,35-33-,44-41-/t56-/m0/s1. The highest BCUT2D eigenvalue weighted by Gasteiger charge is 2.19. The van der Waals surface area contributed by atoms with Crippen molar-refractivity contribution in [3.05, 3.63) is 60.8 Å². The van der Waals surface area contributed by atoms with Crippen LogP contribution in [0.25, 0.3) is 0 Å². The molecule has 0 heterocycles. The van der Waals surface area contributed by atoms with E-state index in [-0.39, 0.29) is 37.5 Å². The number of hydrogen-bond acceptors (Lipinski definition) is 6. The first-order valence-electron chi connectivity index (χ1n) is 27.8. The maximum absolute atomic E-state index is 12.8. The number of unbranched alkanes of at least 4 members (excludes halogenated alkanes) is 29. The van der Waals surface area contributed by atoms with Gasteiger partial charge in [0, 0.05) is 19.3 Å². The fourth-order valence-corrected chi connectivity index (χ4v) is 7.89. The molecule has 0 aliphatic heterocycles. The smallest absolute Gasteiger partial charge is 0.306 e. The lowest BCUT2D eigenvalue weighted by atomic mass is 10.0. The first-order chi connectivity index (χ1) is 32.0. The van der Waals surface area contributed by atoms with Crippen LogP contribution in [0, 0.1) is 0 Å². The van der Waals surface area contributed by atoms with Crippen LogP contribution < -0.4 is 0 Å². The van der Waals surface area contributed by atoms with Gasteiger partial charge >= 0.3 is 17.9 Å². The summed E-state index contributed by atoms with van der Waals surface area (Å²) in [6, 6.07) is 0. The lowest BCUT2D eigenvalue weighted by Crippen LogP contribution is -2.30. The van der Waals surface area contributed by atoms with Gasteiger partial charge in [-0.1, -0.05) is 261 Å². The molecule has 0 aromatic carbocycles. The Labute approximate surface area is 402 Å². The molecule has 0 amide bonds. The number of ether oxygens (including phenoxy) is 3. The highest BCUT2D eigenvalue weighted by atomic mass is 16.6. The predicted molar refractivity (Wildman–Crippen MR) is 279 cm³/mol. The van der Waals surface area contributed by atoms with E-state index in [0.717, 1.165) is 77.0 Å². The zero-order chi connectivity index (χ0) is 47.2. The van der Waals surface area contributed by atoms with E-state index in [1.807, 2.05) is 0 Å². The minimum Gasteiger partial charge on any atom is -0.462 e. The molecule has 0 saturated carbocycles. The Morgan fingerprint density at radius 1 is 0.323 bits per heavy atom. The van der Waals surface area contributed by atoms with Crippen molar-refractivity contribution in [1.29, 1.82) is 0 Å². The van der Waals surface area contributed by atoms with Gasteiger partial charge in [0.2, 0.25) is 0 Å². The first kappa shape index (κ1) is 62.1. The van der Waals surface area contributed by atoms with Crippen molar-refractivity contribution >= 4 is 17.9 Å². The maximum atomic E-state index is 12.8. The van der Waals surface area contributed by atoms with Crippen molar-refractivity contribution in [3.8, 4) is 0 Å². The van der Waals surface area contributed by atoms with Gasteiger partial charge in [0.05, 0.1) is 0 Å². The Morgan fingerprint density at radius 2 is 0.600 bits per heavy atom. The molecule has 0 unspecified atom stereocenters. The largest absolute Gasteiger partial charge is 0.462 e. The summed E-state index contributed by atoms with van der Waals surface area (Å²) in [5.41, 5.74) is 0. The van der Waals surface area contributed by atoms with Crippen molar-refractivity contribution in [2.24, 2.45) is 0 Å². The quantitative estimate of drug-likeness (QED) is 0.0262. The van der Waals surface area contributed by atoms with Gasteiger partial charge < -0.3 is 14.2 Å². The molecule has 0 aromatic heterocycles. The number of carbonyl (C=O) groups is 3. The molecule has 0 bridgehead atoms. The van der Waals surface area contributed by atoms with Gasteiger partial charge in [0.1, 0.15) is 13.2 Å². The molecule has 376 valence electrons. The molecular formula is C59H104O6. The highest BCUT2D eigenvalue weighted by molar-refractivity contribution is 5.71. The number of allylic oxidation sites excluding steroid dienone is 10. The molecule has 6 nitrogen and oxygen atoms in total. The van der Waals surface area contributed by atoms with Crippen molar-refractivity contribution < 1.29 is 28.6 Å². The van der Waals surface area contributed by atoms with Gasteiger partial charge in [-0.25, -0.2) is 0 Å². The Bertz CT molecular complexity index is 1180. The van der Waals surface area contributed by atoms with Gasteiger partial charge in [0.25, 0.3) is 0 Å². The predicted octanol–water partition coefficient (Wildman–Crippen LogP) is 18.4. The second kappa shape index (κ2) is 53.7. The van der Waals surface area contributed by atoms with Crippen LogP contribution in [-0.4, -0.2) is 37.2 Å². The molecule has 0 radical (unpaired) electrons. The zero-order valence-corrected chi connectivity index (χ0v) is 43.0. The lowest BCUT2D eigenvalue weighted by Gasteiger charge is -2.18. The van der Waals surface area contributed by atoms with E-state index in [1.54, 1.807) is 0 Å². The molecule has 6 heteroatoms. The number of carbonyl (C=O) groups excluding carboxylic acids is 3. The van der Waals surface area contributed by atoms with Crippen LogP contribution in [0.2, 0.25) is 0 Å². The number of hydrogen-bond donors (Lipinski definition) is 0. The maximum Gasteiger partial charge on any atom is 0.306 e. The lowest BCUT2D eigenvalue weighted by molar-refractivity contribution is -0.167. The Hall–Kier alpha value is -2.89. The fraction of sp³-hybridized carbons (Fsp3) is 0.780. The van der Waals surface area contributed by atoms with Crippen LogP contribution in [0.15, 0.2) is 60.8 Å². The molecule has 0 saturated heterocycles. The second-order valence-corrected chi connectivity index (χ2v) is 18.5. The normalized spacial score (nSPS) is 12.5. The van der Waals surface area contributed by atoms with Crippen molar-refractivity contribution in [2.75, 3.05) is 13.2 Å². The summed E-state index contributed by atoms with van der Waals surface area (Å²) in [6.07, 6.45) is 66.5. The van der Waals surface area contributed by atoms with E-state index in [2.05, 4.69) is 81.5 Å². The van der Waals surface area contributed by atoms with E-state index in [1.165, 1.54) is 154 Å². The van der Waals surface area contributed by atoms with Crippen LogP contribution in [0.1, 0.15) is 278 Å². The van der Waals surface area contributed by atoms with E-state index < -0.39 is 6.10 Å². The summed E-state index contributed by atoms with van der Waals surface area (Å²) >= 11 is 0. The Balaban J connectivity index is 4.38. The highest BCUT2D eigenvalue weighted by Crippen LogP contribution is 2.16. The third kappa shape index (κ3) is 51.9. The number of rotatable bonds is 50. The van der Waals surface area contributed by atoms with Crippen LogP contribution in [0.5, 0.6) is 0 Å². The molecule has 0 rings (SSSR count). The van der Waals surface area contributed by atoms with Gasteiger partial charge in [-0.2, -0.15) is 0 Å². The first-order valence-corrected chi connectivity index (χ1v) is 27.8. The summed E-state index contributed by atoms with van der Waals surface area (Å²) in [5.74, 6) is -0.942. The summed E-state index contributed by atoms with van der Waals surface area (Å²) in [5, 5.41) is 0. The van der Waals surface area contributed by atoms with Crippen molar-refractivity contribution in [2.45, 2.75) is 284 Å². The van der Waals surface area contributed by atoms with Gasteiger partial charge in [0.15, 0.2) is 6.10 Å². The SMILES string of the molecule is CC/C=C\C/C=C\C/C=C\C/C=C\C/C=C\CCCC(=O)O[C@@H](COC(=O)CCCCCCCCCCCCC)COC(=O)CCCCCCCCCCCCCCCCCCCCC. The topological polar surface area (TPSA) is 78.9 Å². The molecule has 0 aliphatic carbocycles. The average Bonchev–Trinajstić information content (AvgIpc) is 3.30. The minimum absolute atomic E-state index is 0.0931. The van der Waals surface area contributed by atoms with Crippen LogP contribution in [-0.2, 0) is 28.6 Å². The van der Waals surface area contributed by atoms with Crippen LogP contribution in [0.4, 0.5) is 0 Å². The molecule has 1 atom stereocenters. The Kier molecular flexibility index (Phi) is 51.3. The van der Waals surface area contributed by atoms with Gasteiger partial charge in [-0.15, -0.1) is 0 Å². The monoisotopic (exact) mass is 909 g/mol. The average molecular weight is 909 g/mol. The molecule has 0 N–H and O–H groups in total. The van der Waals surface area contributed by atoms with E-state index >= 15 is 0 Å². The summed E-state index contributed by atoms with van der Waals surface area (Å²) in [7, 11) is 0. The minimum atomic E-state index is -0.800. The summed E-state index contributed by atoms with van der Waals surface area (Å²) < 4.78 is 16.8. The van der Waals surface area contributed by atoms with Crippen molar-refractivity contribution in [1.82, 2.24) is 0 Å².